The lowest BCUT2D eigenvalue weighted by atomic mass is 10.0. The van der Waals surface area contributed by atoms with Gasteiger partial charge in [-0.2, -0.15) is 0 Å². The van der Waals surface area contributed by atoms with Crippen LogP contribution in [0.15, 0.2) is 30.3 Å². The van der Waals surface area contributed by atoms with Gasteiger partial charge in [0.05, 0.1) is 6.61 Å². The molecule has 0 saturated carbocycles. The molecule has 0 fully saturated rings. The normalized spacial score (nSPS) is 10.6. The van der Waals surface area contributed by atoms with E-state index >= 15 is 0 Å². The molecule has 0 atom stereocenters. The standard InChI is InChI=1S/C15H14F2O4/c1-19-7-4-8-20-14-11-6-3-2-5-10(11)9-12(13(14)16)15(18)21-17/h2-3,5-6,9H,4,7-8H2,1H3. The molecule has 0 aliphatic heterocycles. The number of halogens is 2. The predicted octanol–water partition coefficient (Wildman–Crippen LogP) is 3.44. The third-order valence-corrected chi connectivity index (χ3v) is 2.97. The van der Waals surface area contributed by atoms with Crippen molar-refractivity contribution in [2.75, 3.05) is 20.3 Å². The number of methoxy groups -OCH3 is 1. The lowest BCUT2D eigenvalue weighted by Gasteiger charge is -2.12. The molecule has 0 spiro atoms. The summed E-state index contributed by atoms with van der Waals surface area (Å²) in [6.45, 7) is 0.675. The topological polar surface area (TPSA) is 44.8 Å². The average Bonchev–Trinajstić information content (AvgIpc) is 2.52. The minimum absolute atomic E-state index is 0.0930. The molecule has 21 heavy (non-hydrogen) atoms. The highest BCUT2D eigenvalue weighted by Crippen LogP contribution is 2.32. The van der Waals surface area contributed by atoms with Crippen LogP contribution in [0.3, 0.4) is 0 Å². The molecule has 0 bridgehead atoms. The van der Waals surface area contributed by atoms with E-state index in [1.54, 1.807) is 31.4 Å². The zero-order valence-corrected chi connectivity index (χ0v) is 11.4. The Labute approximate surface area is 120 Å². The Bertz CT molecular complexity index is 643. The van der Waals surface area contributed by atoms with E-state index < -0.39 is 17.3 Å². The van der Waals surface area contributed by atoms with E-state index in [-0.39, 0.29) is 12.4 Å². The van der Waals surface area contributed by atoms with Gasteiger partial charge in [-0.1, -0.05) is 24.3 Å². The summed E-state index contributed by atoms with van der Waals surface area (Å²) in [5, 5.41) is 1.06. The van der Waals surface area contributed by atoms with Gasteiger partial charge >= 0.3 is 5.97 Å². The van der Waals surface area contributed by atoms with Crippen LogP contribution in [0.2, 0.25) is 0 Å². The van der Waals surface area contributed by atoms with Crippen LogP contribution < -0.4 is 4.74 Å². The van der Waals surface area contributed by atoms with Crippen LogP contribution in [-0.2, 0) is 9.68 Å². The number of hydrogen-bond acceptors (Lipinski definition) is 4. The van der Waals surface area contributed by atoms with Crippen molar-refractivity contribution < 1.29 is 28.1 Å². The van der Waals surface area contributed by atoms with Gasteiger partial charge in [-0.25, -0.2) is 14.1 Å². The highest BCUT2D eigenvalue weighted by Gasteiger charge is 2.21. The minimum atomic E-state index is -1.39. The molecule has 112 valence electrons. The number of benzene rings is 2. The van der Waals surface area contributed by atoms with E-state index in [9.17, 15) is 13.7 Å². The van der Waals surface area contributed by atoms with Gasteiger partial charge in [-0.15, -0.1) is 0 Å². The van der Waals surface area contributed by atoms with Crippen LogP contribution in [0.5, 0.6) is 5.75 Å². The largest absolute Gasteiger partial charge is 0.490 e. The summed E-state index contributed by atoms with van der Waals surface area (Å²) in [7, 11) is 1.55. The monoisotopic (exact) mass is 296 g/mol. The summed E-state index contributed by atoms with van der Waals surface area (Å²) in [4.78, 5) is 14.4. The van der Waals surface area contributed by atoms with Crippen molar-refractivity contribution in [3.05, 3.63) is 41.7 Å². The molecule has 0 unspecified atom stereocenters. The fourth-order valence-electron chi connectivity index (χ4n) is 2.00. The molecular formula is C15H14F2O4. The summed E-state index contributed by atoms with van der Waals surface area (Å²) >= 11 is 0. The number of hydrogen-bond donors (Lipinski definition) is 0. The summed E-state index contributed by atoms with van der Waals surface area (Å²) < 4.78 is 36.7. The zero-order valence-electron chi connectivity index (χ0n) is 11.4. The second-order valence-corrected chi connectivity index (χ2v) is 4.35. The van der Waals surface area contributed by atoms with Crippen LogP contribution in [0.1, 0.15) is 16.8 Å². The molecule has 2 aromatic carbocycles. The smallest absolute Gasteiger partial charge is 0.382 e. The SMILES string of the molecule is COCCCOc1c(F)c(C(=O)OF)cc2ccccc12. The van der Waals surface area contributed by atoms with Crippen LogP contribution in [0, 0.1) is 5.82 Å². The Morgan fingerprint density at radius 1 is 1.24 bits per heavy atom. The zero-order chi connectivity index (χ0) is 15.2. The predicted molar refractivity (Wildman–Crippen MR) is 72.4 cm³/mol. The second-order valence-electron chi connectivity index (χ2n) is 4.35. The van der Waals surface area contributed by atoms with Crippen LogP contribution >= 0.6 is 0 Å². The molecule has 0 heterocycles. The van der Waals surface area contributed by atoms with E-state index in [0.717, 1.165) is 0 Å². The first-order valence-electron chi connectivity index (χ1n) is 6.35. The van der Waals surface area contributed by atoms with Gasteiger partial charge in [0.1, 0.15) is 5.56 Å². The van der Waals surface area contributed by atoms with Crippen molar-refractivity contribution in [2.45, 2.75) is 6.42 Å². The van der Waals surface area contributed by atoms with E-state index in [4.69, 9.17) is 9.47 Å². The highest BCUT2D eigenvalue weighted by atomic mass is 19.3. The third kappa shape index (κ3) is 3.28. The number of ether oxygens (including phenoxy) is 2. The van der Waals surface area contributed by atoms with Crippen molar-refractivity contribution in [3.63, 3.8) is 0 Å². The van der Waals surface area contributed by atoms with E-state index in [1.807, 2.05) is 0 Å². The summed E-state index contributed by atoms with van der Waals surface area (Å²) in [6, 6.07) is 8.01. The van der Waals surface area contributed by atoms with E-state index in [0.29, 0.717) is 23.8 Å². The van der Waals surface area contributed by atoms with Gasteiger partial charge in [0.2, 0.25) is 0 Å². The van der Waals surface area contributed by atoms with Gasteiger partial charge in [-0.3, -0.25) is 0 Å². The number of carbonyl (C=O) groups excluding carboxylic acids is 1. The third-order valence-electron chi connectivity index (χ3n) is 2.97. The fourth-order valence-corrected chi connectivity index (χ4v) is 2.00. The summed E-state index contributed by atoms with van der Waals surface area (Å²) in [5.74, 6) is -2.42. The second kappa shape index (κ2) is 6.99. The summed E-state index contributed by atoms with van der Waals surface area (Å²) in [5.41, 5.74) is -0.502. The Morgan fingerprint density at radius 3 is 2.71 bits per heavy atom. The van der Waals surface area contributed by atoms with Crippen molar-refractivity contribution in [1.82, 2.24) is 0 Å². The van der Waals surface area contributed by atoms with Gasteiger partial charge in [-0.05, 0) is 11.5 Å². The maximum atomic E-state index is 14.3. The Hall–Kier alpha value is -2.21. The van der Waals surface area contributed by atoms with Crippen LogP contribution in [0.4, 0.5) is 8.92 Å². The van der Waals surface area contributed by atoms with Crippen molar-refractivity contribution >= 4 is 16.7 Å². The Kier molecular flexibility index (Phi) is 5.05. The molecule has 0 saturated heterocycles. The Balaban J connectivity index is 2.44. The van der Waals surface area contributed by atoms with Crippen molar-refractivity contribution in [3.8, 4) is 5.75 Å². The molecule has 0 radical (unpaired) electrons. The molecule has 4 nitrogen and oxygen atoms in total. The fraction of sp³-hybridized carbons (Fsp3) is 0.267. The lowest BCUT2D eigenvalue weighted by molar-refractivity contribution is -0.0791. The first kappa shape index (κ1) is 15.2. The number of carbonyl (C=O) groups is 1. The van der Waals surface area contributed by atoms with Crippen molar-refractivity contribution in [2.24, 2.45) is 0 Å². The first-order valence-corrected chi connectivity index (χ1v) is 6.35. The number of fused-ring (bicyclic) bond motifs is 1. The molecule has 0 amide bonds. The summed E-state index contributed by atoms with van der Waals surface area (Å²) in [6.07, 6.45) is 0.558. The molecule has 0 aromatic heterocycles. The first-order chi connectivity index (χ1) is 10.2. The molecule has 2 rings (SSSR count). The molecule has 0 aliphatic rings. The maximum Gasteiger partial charge on any atom is 0.382 e. The van der Waals surface area contributed by atoms with E-state index in [1.165, 1.54) is 6.07 Å². The quantitative estimate of drug-likeness (QED) is 0.766. The van der Waals surface area contributed by atoms with Crippen LogP contribution in [-0.4, -0.2) is 26.3 Å². The van der Waals surface area contributed by atoms with E-state index in [2.05, 4.69) is 4.94 Å². The van der Waals surface area contributed by atoms with Gasteiger partial charge < -0.3 is 9.47 Å². The minimum Gasteiger partial charge on any atom is -0.490 e. The molecule has 6 heteroatoms. The highest BCUT2D eigenvalue weighted by molar-refractivity contribution is 5.98. The number of rotatable bonds is 6. The lowest BCUT2D eigenvalue weighted by Crippen LogP contribution is -2.08. The maximum absolute atomic E-state index is 14.3. The van der Waals surface area contributed by atoms with Gasteiger partial charge in [0.15, 0.2) is 11.6 Å². The molecule has 0 aliphatic carbocycles. The average molecular weight is 296 g/mol. The Morgan fingerprint density at radius 2 is 2.00 bits per heavy atom. The van der Waals surface area contributed by atoms with Gasteiger partial charge in [0.25, 0.3) is 0 Å². The van der Waals surface area contributed by atoms with Crippen LogP contribution in [0.25, 0.3) is 10.8 Å². The molecule has 0 N–H and O–H groups in total. The van der Waals surface area contributed by atoms with Crippen molar-refractivity contribution in [1.29, 1.82) is 0 Å². The molecule has 2 aromatic rings. The molecular weight excluding hydrogens is 282 g/mol. The van der Waals surface area contributed by atoms with Gasteiger partial charge in [0, 0.05) is 30.0 Å².